The molecule has 1 aliphatic rings. The number of rotatable bonds is 8. The maximum absolute atomic E-state index is 13.1. The summed E-state index contributed by atoms with van der Waals surface area (Å²) in [7, 11) is 5.48. The van der Waals surface area contributed by atoms with Gasteiger partial charge in [-0.1, -0.05) is 26.0 Å². The minimum absolute atomic E-state index is 0.0513. The van der Waals surface area contributed by atoms with Gasteiger partial charge in [0, 0.05) is 12.1 Å². The van der Waals surface area contributed by atoms with Gasteiger partial charge in [-0.3, -0.25) is 9.59 Å². The summed E-state index contributed by atoms with van der Waals surface area (Å²) >= 11 is 0. The molecular formula is C26H32N2O5. The standard InChI is InChI=1S/C26H32N2O5/c1-16(2)20-15-18(9-12-21(20)33-5)24(30)22-23(17-7-10-19(29)11-8-17)28(26(32)25(22)31)14-6-13-27(3)4/h7-12,15-16,23,29-30H,6,13-14H2,1-5H3/b24-22-. The Kier molecular flexibility index (Phi) is 7.43. The number of aromatic hydroxyl groups is 1. The SMILES string of the molecule is COc1ccc(/C(O)=C2/C(=O)C(=O)N(CCCN(C)C)C2c2ccc(O)cc2)cc1C(C)C. The van der Waals surface area contributed by atoms with Crippen molar-refractivity contribution in [1.82, 2.24) is 9.80 Å². The molecule has 1 atom stereocenters. The molecule has 0 bridgehead atoms. The number of Topliss-reactive ketones (excluding diaryl/α,β-unsaturated/α-hetero) is 1. The van der Waals surface area contributed by atoms with Crippen LogP contribution in [0.1, 0.15) is 48.9 Å². The Bertz CT molecular complexity index is 1060. The second kappa shape index (κ2) is 10.1. The zero-order valence-electron chi connectivity index (χ0n) is 19.8. The molecule has 3 rings (SSSR count). The van der Waals surface area contributed by atoms with Gasteiger partial charge in [0.1, 0.15) is 17.3 Å². The number of aliphatic hydroxyl groups excluding tert-OH is 1. The number of carbonyl (C=O) groups excluding carboxylic acids is 2. The Morgan fingerprint density at radius 2 is 1.79 bits per heavy atom. The van der Waals surface area contributed by atoms with E-state index in [1.807, 2.05) is 32.8 Å². The summed E-state index contributed by atoms with van der Waals surface area (Å²) in [4.78, 5) is 29.6. The monoisotopic (exact) mass is 452 g/mol. The number of methoxy groups -OCH3 is 1. The van der Waals surface area contributed by atoms with E-state index < -0.39 is 17.7 Å². The molecule has 0 aliphatic carbocycles. The minimum Gasteiger partial charge on any atom is -0.508 e. The summed E-state index contributed by atoms with van der Waals surface area (Å²) in [5.74, 6) is -0.649. The van der Waals surface area contributed by atoms with E-state index in [1.54, 1.807) is 37.4 Å². The third-order valence-electron chi connectivity index (χ3n) is 5.88. The highest BCUT2D eigenvalue weighted by Gasteiger charge is 2.45. The number of benzene rings is 2. The van der Waals surface area contributed by atoms with E-state index >= 15 is 0 Å². The predicted molar refractivity (Wildman–Crippen MR) is 127 cm³/mol. The number of hydrogen-bond donors (Lipinski definition) is 2. The van der Waals surface area contributed by atoms with Crippen LogP contribution in [0.2, 0.25) is 0 Å². The number of ketones is 1. The van der Waals surface area contributed by atoms with Crippen LogP contribution < -0.4 is 4.74 Å². The highest BCUT2D eigenvalue weighted by atomic mass is 16.5. The van der Waals surface area contributed by atoms with Gasteiger partial charge in [-0.15, -0.1) is 0 Å². The van der Waals surface area contributed by atoms with Crippen LogP contribution in [0.15, 0.2) is 48.0 Å². The van der Waals surface area contributed by atoms with Gasteiger partial charge in [0.25, 0.3) is 11.7 Å². The first-order chi connectivity index (χ1) is 15.6. The molecule has 0 saturated carbocycles. The molecule has 0 aromatic heterocycles. The number of phenolic OH excluding ortho intramolecular Hbond substituents is 1. The zero-order valence-corrected chi connectivity index (χ0v) is 19.8. The second-order valence-electron chi connectivity index (χ2n) is 8.85. The Balaban J connectivity index is 2.13. The van der Waals surface area contributed by atoms with E-state index in [-0.39, 0.29) is 23.0 Å². The van der Waals surface area contributed by atoms with E-state index in [2.05, 4.69) is 0 Å². The molecule has 2 aromatic carbocycles. The molecule has 1 amide bonds. The lowest BCUT2D eigenvalue weighted by Gasteiger charge is -2.26. The fourth-order valence-corrected chi connectivity index (χ4v) is 4.16. The lowest BCUT2D eigenvalue weighted by atomic mass is 9.93. The van der Waals surface area contributed by atoms with E-state index in [9.17, 15) is 19.8 Å². The first-order valence-electron chi connectivity index (χ1n) is 11.1. The highest BCUT2D eigenvalue weighted by Crippen LogP contribution is 2.40. The summed E-state index contributed by atoms with van der Waals surface area (Å²) in [6, 6.07) is 10.9. The zero-order chi connectivity index (χ0) is 24.3. The lowest BCUT2D eigenvalue weighted by molar-refractivity contribution is -0.139. The molecule has 7 heteroatoms. The van der Waals surface area contributed by atoms with Crippen molar-refractivity contribution < 1.29 is 24.5 Å². The minimum atomic E-state index is -0.739. The smallest absolute Gasteiger partial charge is 0.295 e. The predicted octanol–water partition coefficient (Wildman–Crippen LogP) is 3.90. The average Bonchev–Trinajstić information content (AvgIpc) is 3.03. The Hall–Kier alpha value is -3.32. The number of carbonyl (C=O) groups is 2. The van der Waals surface area contributed by atoms with Gasteiger partial charge < -0.3 is 24.7 Å². The van der Waals surface area contributed by atoms with E-state index in [1.165, 1.54) is 17.0 Å². The normalized spacial score (nSPS) is 17.9. The van der Waals surface area contributed by atoms with Crippen molar-refractivity contribution in [1.29, 1.82) is 0 Å². The van der Waals surface area contributed by atoms with Gasteiger partial charge in [-0.05, 0) is 74.4 Å². The number of hydrogen-bond acceptors (Lipinski definition) is 6. The maximum atomic E-state index is 13.1. The van der Waals surface area contributed by atoms with Crippen LogP contribution in [0.4, 0.5) is 0 Å². The van der Waals surface area contributed by atoms with Crippen molar-refractivity contribution in [3.63, 3.8) is 0 Å². The molecule has 2 aromatic rings. The first-order valence-corrected chi connectivity index (χ1v) is 11.1. The molecule has 33 heavy (non-hydrogen) atoms. The summed E-state index contributed by atoms with van der Waals surface area (Å²) in [6.07, 6.45) is 0.675. The van der Waals surface area contributed by atoms with Gasteiger partial charge >= 0.3 is 0 Å². The summed E-state index contributed by atoms with van der Waals surface area (Å²) < 4.78 is 5.43. The van der Waals surface area contributed by atoms with Crippen molar-refractivity contribution in [2.45, 2.75) is 32.2 Å². The first kappa shape index (κ1) is 24.3. The summed E-state index contributed by atoms with van der Waals surface area (Å²) in [5, 5.41) is 21.0. The lowest BCUT2D eigenvalue weighted by Crippen LogP contribution is -2.32. The number of ether oxygens (including phenoxy) is 1. The molecule has 7 nitrogen and oxygen atoms in total. The highest BCUT2D eigenvalue weighted by molar-refractivity contribution is 6.46. The number of nitrogens with zero attached hydrogens (tertiary/aromatic N) is 2. The third kappa shape index (κ3) is 5.03. The largest absolute Gasteiger partial charge is 0.508 e. The molecule has 1 aliphatic heterocycles. The van der Waals surface area contributed by atoms with Crippen molar-refractivity contribution in [3.05, 3.63) is 64.7 Å². The van der Waals surface area contributed by atoms with Crippen LogP contribution in [0, 0.1) is 0 Å². The fourth-order valence-electron chi connectivity index (χ4n) is 4.16. The van der Waals surface area contributed by atoms with Gasteiger partial charge in [-0.2, -0.15) is 0 Å². The third-order valence-corrected chi connectivity index (χ3v) is 5.88. The average molecular weight is 453 g/mol. The van der Waals surface area contributed by atoms with E-state index in [0.29, 0.717) is 29.8 Å². The quantitative estimate of drug-likeness (QED) is 0.359. The number of likely N-dealkylation sites (tertiary alicyclic amines) is 1. The number of phenols is 1. The van der Waals surface area contributed by atoms with Crippen molar-refractivity contribution in [2.75, 3.05) is 34.3 Å². The number of aliphatic hydroxyl groups is 1. The molecule has 0 radical (unpaired) electrons. The van der Waals surface area contributed by atoms with Gasteiger partial charge in [-0.25, -0.2) is 0 Å². The Labute approximate surface area is 194 Å². The molecule has 176 valence electrons. The molecule has 1 heterocycles. The number of amides is 1. The molecule has 2 N–H and O–H groups in total. The topological polar surface area (TPSA) is 90.3 Å². The van der Waals surface area contributed by atoms with Crippen LogP contribution >= 0.6 is 0 Å². The van der Waals surface area contributed by atoms with Gasteiger partial charge in [0.2, 0.25) is 0 Å². The van der Waals surface area contributed by atoms with Crippen LogP contribution in [0.3, 0.4) is 0 Å². The van der Waals surface area contributed by atoms with Crippen molar-refractivity contribution >= 4 is 17.4 Å². The fraction of sp³-hybridized carbons (Fsp3) is 0.385. The van der Waals surface area contributed by atoms with Gasteiger partial charge in [0.15, 0.2) is 0 Å². The Morgan fingerprint density at radius 1 is 1.12 bits per heavy atom. The summed E-state index contributed by atoms with van der Waals surface area (Å²) in [6.45, 7) is 5.15. The van der Waals surface area contributed by atoms with E-state index in [4.69, 9.17) is 4.74 Å². The van der Waals surface area contributed by atoms with E-state index in [0.717, 1.165) is 12.1 Å². The molecule has 1 fully saturated rings. The maximum Gasteiger partial charge on any atom is 0.295 e. The Morgan fingerprint density at radius 3 is 2.36 bits per heavy atom. The molecule has 1 unspecified atom stereocenters. The van der Waals surface area contributed by atoms with Crippen LogP contribution in [-0.2, 0) is 9.59 Å². The van der Waals surface area contributed by atoms with Crippen molar-refractivity contribution in [3.8, 4) is 11.5 Å². The molecular weight excluding hydrogens is 420 g/mol. The van der Waals surface area contributed by atoms with Crippen LogP contribution in [-0.4, -0.2) is 66.0 Å². The second-order valence-corrected chi connectivity index (χ2v) is 8.85. The summed E-state index contributed by atoms with van der Waals surface area (Å²) in [5.41, 5.74) is 2.05. The van der Waals surface area contributed by atoms with Gasteiger partial charge in [0.05, 0.1) is 18.7 Å². The molecule has 0 spiro atoms. The van der Waals surface area contributed by atoms with Crippen LogP contribution in [0.25, 0.3) is 5.76 Å². The molecule has 1 saturated heterocycles. The van der Waals surface area contributed by atoms with Crippen LogP contribution in [0.5, 0.6) is 11.5 Å². The van der Waals surface area contributed by atoms with Crippen molar-refractivity contribution in [2.24, 2.45) is 0 Å².